The van der Waals surface area contributed by atoms with E-state index in [0.29, 0.717) is 15.9 Å². The lowest BCUT2D eigenvalue weighted by Gasteiger charge is -2.37. The number of rotatable bonds is 4. The van der Waals surface area contributed by atoms with Gasteiger partial charge in [-0.25, -0.2) is 4.39 Å². The van der Waals surface area contributed by atoms with Crippen LogP contribution in [-0.4, -0.2) is 41.8 Å². The van der Waals surface area contributed by atoms with Gasteiger partial charge in [-0.05, 0) is 48.5 Å². The van der Waals surface area contributed by atoms with E-state index in [2.05, 4.69) is 15.1 Å². The molecule has 0 bridgehead atoms. The van der Waals surface area contributed by atoms with Crippen LogP contribution in [0.1, 0.15) is 12.0 Å². The van der Waals surface area contributed by atoms with Crippen molar-refractivity contribution >= 4 is 34.6 Å². The van der Waals surface area contributed by atoms with Crippen molar-refractivity contribution in [1.29, 1.82) is 0 Å². The monoisotopic (exact) mass is 393 g/mol. The van der Waals surface area contributed by atoms with Crippen molar-refractivity contribution in [3.05, 3.63) is 58.9 Å². The van der Waals surface area contributed by atoms with Gasteiger partial charge in [0.1, 0.15) is 11.6 Å². The van der Waals surface area contributed by atoms with Gasteiger partial charge in [0.15, 0.2) is 5.11 Å². The van der Waals surface area contributed by atoms with Gasteiger partial charge in [0.25, 0.3) is 0 Å². The molecular formula is C19H21ClFN3OS. The van der Waals surface area contributed by atoms with Crippen LogP contribution in [0.25, 0.3) is 0 Å². The maximum Gasteiger partial charge on any atom is 0.174 e. The topological polar surface area (TPSA) is 27.7 Å². The highest BCUT2D eigenvalue weighted by atomic mass is 35.5. The molecule has 1 N–H and O–H groups in total. The number of hydrogen-bond donors (Lipinski definition) is 1. The number of thiocarbonyl (C=S) groups is 1. The molecule has 0 spiro atoms. The molecule has 138 valence electrons. The Hall–Kier alpha value is -1.89. The first-order valence-electron chi connectivity index (χ1n) is 8.41. The second-order valence-corrected chi connectivity index (χ2v) is 7.04. The fourth-order valence-corrected chi connectivity index (χ4v) is 3.39. The second kappa shape index (κ2) is 8.66. The minimum absolute atomic E-state index is 0.212. The largest absolute Gasteiger partial charge is 0.495 e. The van der Waals surface area contributed by atoms with Gasteiger partial charge in [-0.15, -0.1) is 0 Å². The van der Waals surface area contributed by atoms with E-state index >= 15 is 0 Å². The summed E-state index contributed by atoms with van der Waals surface area (Å²) in [5.41, 5.74) is 1.88. The Balaban J connectivity index is 1.62. The molecule has 26 heavy (non-hydrogen) atoms. The third-order valence-electron chi connectivity index (χ3n) is 4.28. The minimum Gasteiger partial charge on any atom is -0.495 e. The molecule has 1 aliphatic rings. The van der Waals surface area contributed by atoms with Gasteiger partial charge >= 0.3 is 0 Å². The summed E-state index contributed by atoms with van der Waals surface area (Å²) in [6.45, 7) is 3.37. The van der Waals surface area contributed by atoms with Crippen molar-refractivity contribution in [2.45, 2.75) is 13.0 Å². The van der Waals surface area contributed by atoms with Gasteiger partial charge < -0.3 is 15.0 Å². The number of hydrogen-bond acceptors (Lipinski definition) is 3. The number of methoxy groups -OCH3 is 1. The number of nitrogens with zero attached hydrogens (tertiary/aromatic N) is 2. The molecular weight excluding hydrogens is 373 g/mol. The van der Waals surface area contributed by atoms with E-state index in [1.54, 1.807) is 19.2 Å². The Morgan fingerprint density at radius 2 is 2.00 bits per heavy atom. The molecule has 0 aromatic heterocycles. The van der Waals surface area contributed by atoms with Crippen LogP contribution in [0.5, 0.6) is 5.75 Å². The van der Waals surface area contributed by atoms with Crippen LogP contribution in [0.4, 0.5) is 10.1 Å². The summed E-state index contributed by atoms with van der Waals surface area (Å²) in [7, 11) is 1.60. The highest BCUT2D eigenvalue weighted by molar-refractivity contribution is 7.80. The Morgan fingerprint density at radius 3 is 2.73 bits per heavy atom. The number of nitrogens with one attached hydrogen (secondary N) is 1. The lowest BCUT2D eigenvalue weighted by atomic mass is 10.2. The molecule has 4 nitrogen and oxygen atoms in total. The zero-order valence-corrected chi connectivity index (χ0v) is 16.1. The van der Waals surface area contributed by atoms with Crippen molar-refractivity contribution in [3.63, 3.8) is 0 Å². The highest BCUT2D eigenvalue weighted by Gasteiger charge is 2.20. The Kier molecular flexibility index (Phi) is 6.29. The molecule has 0 radical (unpaired) electrons. The predicted octanol–water partition coefficient (Wildman–Crippen LogP) is 4.35. The van der Waals surface area contributed by atoms with Gasteiger partial charge in [0.05, 0.1) is 19.5 Å². The Labute approximate surface area is 163 Å². The van der Waals surface area contributed by atoms with E-state index in [9.17, 15) is 4.39 Å². The van der Waals surface area contributed by atoms with Gasteiger partial charge in [-0.1, -0.05) is 23.7 Å². The molecule has 0 aliphatic carbocycles. The summed E-state index contributed by atoms with van der Waals surface area (Å²) in [5, 5.41) is 4.51. The molecule has 7 heteroatoms. The van der Waals surface area contributed by atoms with Crippen molar-refractivity contribution in [2.75, 3.05) is 32.2 Å². The normalized spacial score (nSPS) is 15.0. The van der Waals surface area contributed by atoms with Gasteiger partial charge in [0, 0.05) is 30.7 Å². The number of benzene rings is 2. The summed E-state index contributed by atoms with van der Waals surface area (Å²) < 4.78 is 18.4. The SMILES string of the molecule is COc1cc(Cl)ccc1NC(=S)N1CCCN(Cc2ccc(F)cc2)C1. The zero-order valence-electron chi connectivity index (χ0n) is 14.5. The number of halogens is 2. The zero-order chi connectivity index (χ0) is 18.5. The molecule has 3 rings (SSSR count). The first-order valence-corrected chi connectivity index (χ1v) is 9.20. The first-order chi connectivity index (χ1) is 12.5. The molecule has 2 aromatic carbocycles. The average Bonchev–Trinajstić information content (AvgIpc) is 2.65. The fourth-order valence-electron chi connectivity index (χ4n) is 2.97. The summed E-state index contributed by atoms with van der Waals surface area (Å²) >= 11 is 11.6. The lowest BCUT2D eigenvalue weighted by Crippen LogP contribution is -2.48. The quantitative estimate of drug-likeness (QED) is 0.779. The van der Waals surface area contributed by atoms with Crippen LogP contribution in [0.15, 0.2) is 42.5 Å². The van der Waals surface area contributed by atoms with Crippen LogP contribution in [-0.2, 0) is 6.54 Å². The molecule has 0 saturated carbocycles. The Bertz CT molecular complexity index is 772. The molecule has 1 saturated heterocycles. The van der Waals surface area contributed by atoms with Crippen molar-refractivity contribution in [2.24, 2.45) is 0 Å². The van der Waals surface area contributed by atoms with Crippen LogP contribution in [0, 0.1) is 5.82 Å². The third-order valence-corrected chi connectivity index (χ3v) is 4.88. The van der Waals surface area contributed by atoms with E-state index in [1.165, 1.54) is 12.1 Å². The van der Waals surface area contributed by atoms with E-state index in [4.69, 9.17) is 28.6 Å². The molecule has 1 heterocycles. The summed E-state index contributed by atoms with van der Waals surface area (Å²) in [6.07, 6.45) is 1.01. The van der Waals surface area contributed by atoms with Crippen molar-refractivity contribution in [3.8, 4) is 5.75 Å². The van der Waals surface area contributed by atoms with E-state index in [-0.39, 0.29) is 5.82 Å². The standard InChI is InChI=1S/C19H21ClFN3OS/c1-25-18-11-15(20)5-8-17(18)22-19(26)24-10-2-9-23(13-24)12-14-3-6-16(21)7-4-14/h3-8,11H,2,9-10,12-13H2,1H3,(H,22,26). The average molecular weight is 394 g/mol. The van der Waals surface area contributed by atoms with E-state index in [0.717, 1.165) is 44.0 Å². The summed E-state index contributed by atoms with van der Waals surface area (Å²) in [5.74, 6) is 0.441. The first kappa shape index (κ1) is 18.9. The fraction of sp³-hybridized carbons (Fsp3) is 0.316. The van der Waals surface area contributed by atoms with Crippen molar-refractivity contribution < 1.29 is 9.13 Å². The molecule has 0 atom stereocenters. The van der Waals surface area contributed by atoms with Gasteiger partial charge in [0.2, 0.25) is 0 Å². The van der Waals surface area contributed by atoms with Gasteiger partial charge in [-0.2, -0.15) is 0 Å². The smallest absolute Gasteiger partial charge is 0.174 e. The maximum atomic E-state index is 13.1. The van der Waals surface area contributed by atoms with Crippen LogP contribution in [0.2, 0.25) is 5.02 Å². The molecule has 2 aromatic rings. The summed E-state index contributed by atoms with van der Waals surface area (Å²) in [4.78, 5) is 4.42. The van der Waals surface area contributed by atoms with E-state index < -0.39 is 0 Å². The van der Waals surface area contributed by atoms with Crippen molar-refractivity contribution in [1.82, 2.24) is 9.80 Å². The maximum absolute atomic E-state index is 13.1. The molecule has 0 amide bonds. The molecule has 1 aliphatic heterocycles. The third kappa shape index (κ3) is 4.84. The molecule has 0 unspecified atom stereocenters. The number of anilines is 1. The van der Waals surface area contributed by atoms with E-state index in [1.807, 2.05) is 18.2 Å². The number of ether oxygens (including phenoxy) is 1. The predicted molar refractivity (Wildman–Crippen MR) is 107 cm³/mol. The van der Waals surface area contributed by atoms with Crippen LogP contribution >= 0.6 is 23.8 Å². The lowest BCUT2D eigenvalue weighted by molar-refractivity contribution is 0.134. The van der Waals surface area contributed by atoms with Crippen LogP contribution in [0.3, 0.4) is 0 Å². The Morgan fingerprint density at radius 1 is 1.23 bits per heavy atom. The minimum atomic E-state index is -0.212. The molecule has 1 fully saturated rings. The van der Waals surface area contributed by atoms with Crippen LogP contribution < -0.4 is 10.1 Å². The summed E-state index contributed by atoms with van der Waals surface area (Å²) in [6, 6.07) is 12.0. The second-order valence-electron chi connectivity index (χ2n) is 6.21. The van der Waals surface area contributed by atoms with Gasteiger partial charge in [-0.3, -0.25) is 4.90 Å². The highest BCUT2D eigenvalue weighted by Crippen LogP contribution is 2.28.